The molecule has 0 bridgehead atoms. The van der Waals surface area contributed by atoms with E-state index in [1.807, 2.05) is 30.3 Å². The van der Waals surface area contributed by atoms with Crippen LogP contribution < -0.4 is 5.73 Å². The molecule has 0 amide bonds. The molecular formula is C14H20N4O2. The fraction of sp³-hybridized carbons (Fsp3) is 0.429. The predicted molar refractivity (Wildman–Crippen MR) is 74.9 cm³/mol. The summed E-state index contributed by atoms with van der Waals surface area (Å²) in [5.41, 5.74) is 7.99. The number of methoxy groups -OCH3 is 1. The largest absolute Gasteiger partial charge is 0.383 e. The molecule has 1 aromatic carbocycles. The van der Waals surface area contributed by atoms with Crippen LogP contribution in [0.1, 0.15) is 17.3 Å². The maximum Gasteiger partial charge on any atom is 0.0778 e. The molecule has 0 unspecified atom stereocenters. The molecule has 1 aromatic heterocycles. The molecule has 108 valence electrons. The standard InChI is InChI=1S/C14H20N4O2/c1-19-11-13(15)14-9-16-17-18(14)7-8-20-10-12-5-3-2-4-6-12/h2-6,9,13H,7-8,10-11,15H2,1H3/t13-/m1/s1. The molecule has 0 aliphatic rings. The van der Waals surface area contributed by atoms with Crippen molar-refractivity contribution in [3.63, 3.8) is 0 Å². The smallest absolute Gasteiger partial charge is 0.0778 e. The van der Waals surface area contributed by atoms with E-state index in [1.165, 1.54) is 0 Å². The lowest BCUT2D eigenvalue weighted by atomic mass is 10.2. The molecule has 1 atom stereocenters. The average molecular weight is 276 g/mol. The van der Waals surface area contributed by atoms with Gasteiger partial charge in [-0.15, -0.1) is 5.10 Å². The van der Waals surface area contributed by atoms with Crippen LogP contribution >= 0.6 is 0 Å². The Morgan fingerprint density at radius 1 is 1.30 bits per heavy atom. The molecule has 6 nitrogen and oxygen atoms in total. The van der Waals surface area contributed by atoms with Crippen molar-refractivity contribution in [3.8, 4) is 0 Å². The molecule has 2 rings (SSSR count). The summed E-state index contributed by atoms with van der Waals surface area (Å²) in [6, 6.07) is 9.84. The first-order valence-corrected chi connectivity index (χ1v) is 6.56. The quantitative estimate of drug-likeness (QED) is 0.732. The zero-order chi connectivity index (χ0) is 14.2. The zero-order valence-electron chi connectivity index (χ0n) is 11.6. The minimum atomic E-state index is -0.218. The number of ether oxygens (including phenoxy) is 2. The summed E-state index contributed by atoms with van der Waals surface area (Å²) in [5.74, 6) is 0. The second-order valence-corrected chi connectivity index (χ2v) is 4.48. The Kier molecular flexibility index (Phi) is 5.67. The van der Waals surface area contributed by atoms with Gasteiger partial charge in [-0.2, -0.15) is 0 Å². The second-order valence-electron chi connectivity index (χ2n) is 4.48. The van der Waals surface area contributed by atoms with Gasteiger partial charge in [0.05, 0.1) is 44.3 Å². The Morgan fingerprint density at radius 3 is 2.85 bits per heavy atom. The van der Waals surface area contributed by atoms with Gasteiger partial charge in [0.2, 0.25) is 0 Å². The van der Waals surface area contributed by atoms with Crippen LogP contribution in [0.25, 0.3) is 0 Å². The topological polar surface area (TPSA) is 75.2 Å². The Hall–Kier alpha value is -1.76. The third-order valence-corrected chi connectivity index (χ3v) is 2.93. The van der Waals surface area contributed by atoms with Crippen LogP contribution in [0.5, 0.6) is 0 Å². The van der Waals surface area contributed by atoms with Crippen molar-refractivity contribution in [1.82, 2.24) is 15.0 Å². The summed E-state index contributed by atoms with van der Waals surface area (Å²) in [6.45, 7) is 2.22. The minimum Gasteiger partial charge on any atom is -0.383 e. The number of benzene rings is 1. The molecular weight excluding hydrogens is 256 g/mol. The lowest BCUT2D eigenvalue weighted by Gasteiger charge is -2.12. The van der Waals surface area contributed by atoms with Gasteiger partial charge in [-0.3, -0.25) is 0 Å². The van der Waals surface area contributed by atoms with Crippen molar-refractivity contribution in [2.75, 3.05) is 20.3 Å². The van der Waals surface area contributed by atoms with E-state index >= 15 is 0 Å². The predicted octanol–water partition coefficient (Wildman–Crippen LogP) is 1.14. The Balaban J connectivity index is 1.78. The highest BCUT2D eigenvalue weighted by atomic mass is 16.5. The van der Waals surface area contributed by atoms with Crippen molar-refractivity contribution in [1.29, 1.82) is 0 Å². The minimum absolute atomic E-state index is 0.218. The van der Waals surface area contributed by atoms with E-state index in [2.05, 4.69) is 10.3 Å². The molecule has 0 saturated carbocycles. The van der Waals surface area contributed by atoms with Crippen LogP contribution in [0.3, 0.4) is 0 Å². The third kappa shape index (κ3) is 4.12. The molecule has 6 heteroatoms. The number of nitrogens with two attached hydrogens (primary N) is 1. The van der Waals surface area contributed by atoms with E-state index in [0.717, 1.165) is 11.3 Å². The molecule has 2 N–H and O–H groups in total. The third-order valence-electron chi connectivity index (χ3n) is 2.93. The average Bonchev–Trinajstić information content (AvgIpc) is 2.93. The molecule has 0 radical (unpaired) electrons. The maximum atomic E-state index is 5.98. The van der Waals surface area contributed by atoms with Crippen LogP contribution in [0.2, 0.25) is 0 Å². The first-order chi connectivity index (χ1) is 9.81. The van der Waals surface area contributed by atoms with Crippen molar-refractivity contribution in [2.45, 2.75) is 19.2 Å². The van der Waals surface area contributed by atoms with Gasteiger partial charge in [-0.05, 0) is 5.56 Å². The lowest BCUT2D eigenvalue weighted by Crippen LogP contribution is -2.21. The summed E-state index contributed by atoms with van der Waals surface area (Å²) in [6.07, 6.45) is 1.67. The monoisotopic (exact) mass is 276 g/mol. The Morgan fingerprint density at radius 2 is 2.10 bits per heavy atom. The first-order valence-electron chi connectivity index (χ1n) is 6.56. The number of aromatic nitrogens is 3. The summed E-state index contributed by atoms with van der Waals surface area (Å²) in [5, 5.41) is 7.90. The van der Waals surface area contributed by atoms with Crippen LogP contribution in [0, 0.1) is 0 Å². The Bertz CT molecular complexity index is 501. The second kappa shape index (κ2) is 7.74. The molecule has 0 spiro atoms. The normalized spacial score (nSPS) is 12.5. The molecule has 0 saturated heterocycles. The van der Waals surface area contributed by atoms with E-state index in [1.54, 1.807) is 18.0 Å². The van der Waals surface area contributed by atoms with Gasteiger partial charge in [-0.25, -0.2) is 4.68 Å². The van der Waals surface area contributed by atoms with E-state index in [4.69, 9.17) is 15.2 Å². The zero-order valence-corrected chi connectivity index (χ0v) is 11.6. The molecule has 0 aliphatic carbocycles. The van der Waals surface area contributed by atoms with Gasteiger partial charge in [0.15, 0.2) is 0 Å². The van der Waals surface area contributed by atoms with Crippen LogP contribution in [-0.2, 0) is 22.6 Å². The molecule has 0 fully saturated rings. The highest BCUT2D eigenvalue weighted by Gasteiger charge is 2.12. The maximum absolute atomic E-state index is 5.98. The van der Waals surface area contributed by atoms with Crippen LogP contribution in [0.15, 0.2) is 36.5 Å². The fourth-order valence-corrected chi connectivity index (χ4v) is 1.91. The summed E-state index contributed by atoms with van der Waals surface area (Å²) in [7, 11) is 1.62. The number of rotatable bonds is 8. The lowest BCUT2D eigenvalue weighted by molar-refractivity contribution is 0.108. The van der Waals surface area contributed by atoms with Crippen LogP contribution in [-0.4, -0.2) is 35.3 Å². The highest BCUT2D eigenvalue weighted by Crippen LogP contribution is 2.08. The fourth-order valence-electron chi connectivity index (χ4n) is 1.91. The van der Waals surface area contributed by atoms with Gasteiger partial charge in [0.1, 0.15) is 0 Å². The number of hydrogen-bond acceptors (Lipinski definition) is 5. The van der Waals surface area contributed by atoms with Gasteiger partial charge >= 0.3 is 0 Å². The van der Waals surface area contributed by atoms with E-state index in [0.29, 0.717) is 26.4 Å². The molecule has 0 aliphatic heterocycles. The molecule has 1 heterocycles. The van der Waals surface area contributed by atoms with E-state index in [-0.39, 0.29) is 6.04 Å². The van der Waals surface area contributed by atoms with E-state index < -0.39 is 0 Å². The SMILES string of the molecule is COC[C@@H](N)c1cnnn1CCOCc1ccccc1. The van der Waals surface area contributed by atoms with Gasteiger partial charge in [-0.1, -0.05) is 35.5 Å². The van der Waals surface area contributed by atoms with E-state index in [9.17, 15) is 0 Å². The summed E-state index contributed by atoms with van der Waals surface area (Å²) in [4.78, 5) is 0. The highest BCUT2D eigenvalue weighted by molar-refractivity contribution is 5.13. The van der Waals surface area contributed by atoms with Crippen molar-refractivity contribution >= 4 is 0 Å². The summed E-state index contributed by atoms with van der Waals surface area (Å²) >= 11 is 0. The Labute approximate surface area is 118 Å². The van der Waals surface area contributed by atoms with Gasteiger partial charge < -0.3 is 15.2 Å². The number of nitrogens with zero attached hydrogens (tertiary/aromatic N) is 3. The van der Waals surface area contributed by atoms with Gasteiger partial charge in [0, 0.05) is 7.11 Å². The van der Waals surface area contributed by atoms with Crippen molar-refractivity contribution in [3.05, 3.63) is 47.8 Å². The van der Waals surface area contributed by atoms with Gasteiger partial charge in [0.25, 0.3) is 0 Å². The molecule has 2 aromatic rings. The van der Waals surface area contributed by atoms with Crippen molar-refractivity contribution in [2.24, 2.45) is 5.73 Å². The van der Waals surface area contributed by atoms with Crippen LogP contribution in [0.4, 0.5) is 0 Å². The molecule has 20 heavy (non-hydrogen) atoms. The first kappa shape index (κ1) is 14.6. The number of hydrogen-bond donors (Lipinski definition) is 1. The summed E-state index contributed by atoms with van der Waals surface area (Å²) < 4.78 is 12.4. The van der Waals surface area contributed by atoms with Crippen molar-refractivity contribution < 1.29 is 9.47 Å².